The van der Waals surface area contributed by atoms with Gasteiger partial charge in [0, 0.05) is 5.02 Å². The molecule has 0 radical (unpaired) electrons. The van der Waals surface area contributed by atoms with Gasteiger partial charge in [-0.3, -0.25) is 9.59 Å². The molecular formula is C16H14ClNO2. The summed E-state index contributed by atoms with van der Waals surface area (Å²) in [5, 5.41) is 0.584. The standard InChI is InChI=1S/C16H14ClNO2/c1-8-11(17)3-2-4-12(8)18-15(19)13-9-5-6-10(7-9)14(13)16(18)20/h2-6,9-10,13-14H,7H2,1H3. The number of halogens is 1. The molecule has 2 bridgehead atoms. The predicted octanol–water partition coefficient (Wildman–Crippen LogP) is 2.96. The molecule has 0 spiro atoms. The number of carbonyl (C=O) groups is 2. The van der Waals surface area contributed by atoms with Gasteiger partial charge in [-0.25, -0.2) is 4.90 Å². The second kappa shape index (κ2) is 3.95. The van der Waals surface area contributed by atoms with Crippen LogP contribution in [0.3, 0.4) is 0 Å². The largest absolute Gasteiger partial charge is 0.274 e. The molecule has 1 saturated carbocycles. The van der Waals surface area contributed by atoms with Crippen molar-refractivity contribution in [2.75, 3.05) is 4.90 Å². The third-order valence-corrected chi connectivity index (χ3v) is 5.36. The van der Waals surface area contributed by atoms with Crippen molar-refractivity contribution in [3.63, 3.8) is 0 Å². The average Bonchev–Trinajstić information content (AvgIpc) is 3.09. The molecule has 2 amide bonds. The monoisotopic (exact) mass is 287 g/mol. The molecular weight excluding hydrogens is 274 g/mol. The van der Waals surface area contributed by atoms with E-state index in [9.17, 15) is 9.59 Å². The molecule has 1 aliphatic heterocycles. The van der Waals surface area contributed by atoms with Crippen LogP contribution in [0, 0.1) is 30.6 Å². The maximum absolute atomic E-state index is 12.7. The van der Waals surface area contributed by atoms with Gasteiger partial charge in [-0.1, -0.05) is 29.8 Å². The first-order valence-electron chi connectivity index (χ1n) is 6.91. The van der Waals surface area contributed by atoms with Crippen LogP contribution in [0.25, 0.3) is 0 Å². The highest BCUT2D eigenvalue weighted by atomic mass is 35.5. The molecule has 102 valence electrons. The first kappa shape index (κ1) is 12.2. The summed E-state index contributed by atoms with van der Waals surface area (Å²) in [6.07, 6.45) is 5.16. The van der Waals surface area contributed by atoms with E-state index in [-0.39, 0.29) is 35.5 Å². The molecule has 0 aromatic heterocycles. The van der Waals surface area contributed by atoms with Crippen molar-refractivity contribution < 1.29 is 9.59 Å². The van der Waals surface area contributed by atoms with Gasteiger partial charge in [-0.2, -0.15) is 0 Å². The Morgan fingerprint density at radius 3 is 2.30 bits per heavy atom. The topological polar surface area (TPSA) is 37.4 Å². The molecule has 1 saturated heterocycles. The van der Waals surface area contributed by atoms with Crippen molar-refractivity contribution in [1.29, 1.82) is 0 Å². The Hall–Kier alpha value is -1.61. The Morgan fingerprint density at radius 2 is 1.70 bits per heavy atom. The van der Waals surface area contributed by atoms with Crippen molar-refractivity contribution in [3.05, 3.63) is 40.9 Å². The SMILES string of the molecule is Cc1c(Cl)cccc1N1C(=O)C2C3C=CC(C3)C2C1=O. The van der Waals surface area contributed by atoms with E-state index in [1.54, 1.807) is 18.2 Å². The van der Waals surface area contributed by atoms with Crippen molar-refractivity contribution in [2.24, 2.45) is 23.7 Å². The summed E-state index contributed by atoms with van der Waals surface area (Å²) in [6.45, 7) is 1.85. The van der Waals surface area contributed by atoms with Crippen molar-refractivity contribution in [2.45, 2.75) is 13.3 Å². The fourth-order valence-corrected chi connectivity index (χ4v) is 4.15. The summed E-state index contributed by atoms with van der Waals surface area (Å²) in [5.41, 5.74) is 1.43. The molecule has 1 aromatic carbocycles. The summed E-state index contributed by atoms with van der Waals surface area (Å²) < 4.78 is 0. The smallest absolute Gasteiger partial charge is 0.238 e. The number of nitrogens with zero attached hydrogens (tertiary/aromatic N) is 1. The van der Waals surface area contributed by atoms with E-state index in [2.05, 4.69) is 12.2 Å². The number of imide groups is 1. The Bertz CT molecular complexity index is 636. The molecule has 4 atom stereocenters. The van der Waals surface area contributed by atoms with E-state index in [4.69, 9.17) is 11.6 Å². The Kier molecular flexibility index (Phi) is 2.40. The summed E-state index contributed by atoms with van der Waals surface area (Å²) >= 11 is 6.12. The summed E-state index contributed by atoms with van der Waals surface area (Å²) in [4.78, 5) is 26.7. The van der Waals surface area contributed by atoms with Gasteiger partial charge in [0.05, 0.1) is 17.5 Å². The molecule has 20 heavy (non-hydrogen) atoms. The number of carbonyl (C=O) groups excluding carboxylic acids is 2. The van der Waals surface area contributed by atoms with E-state index in [0.29, 0.717) is 10.7 Å². The minimum absolute atomic E-state index is 0.0535. The van der Waals surface area contributed by atoms with Crippen LogP contribution >= 0.6 is 11.6 Å². The van der Waals surface area contributed by atoms with Gasteiger partial charge >= 0.3 is 0 Å². The zero-order valence-electron chi connectivity index (χ0n) is 11.0. The van der Waals surface area contributed by atoms with Gasteiger partial charge in [0.1, 0.15) is 0 Å². The molecule has 3 aliphatic rings. The molecule has 3 nitrogen and oxygen atoms in total. The number of rotatable bonds is 1. The molecule has 2 aliphatic carbocycles. The number of benzene rings is 1. The lowest BCUT2D eigenvalue weighted by atomic mass is 9.85. The highest BCUT2D eigenvalue weighted by Crippen LogP contribution is 2.53. The maximum atomic E-state index is 12.7. The third kappa shape index (κ3) is 1.36. The number of allylic oxidation sites excluding steroid dienone is 2. The molecule has 4 heteroatoms. The lowest BCUT2D eigenvalue weighted by Crippen LogP contribution is -2.33. The summed E-state index contributed by atoms with van der Waals surface area (Å²) in [7, 11) is 0. The van der Waals surface area contributed by atoms with E-state index < -0.39 is 0 Å². The average molecular weight is 288 g/mol. The first-order valence-corrected chi connectivity index (χ1v) is 7.28. The molecule has 1 aromatic rings. The lowest BCUT2D eigenvalue weighted by Gasteiger charge is -2.19. The predicted molar refractivity (Wildman–Crippen MR) is 76.4 cm³/mol. The van der Waals surface area contributed by atoms with Crippen LogP contribution in [-0.2, 0) is 9.59 Å². The van der Waals surface area contributed by atoms with Gasteiger partial charge in [0.15, 0.2) is 0 Å². The van der Waals surface area contributed by atoms with Gasteiger partial charge < -0.3 is 0 Å². The maximum Gasteiger partial charge on any atom is 0.238 e. The molecule has 4 unspecified atom stereocenters. The number of fused-ring (bicyclic) bond motifs is 5. The van der Waals surface area contributed by atoms with Crippen LogP contribution in [-0.4, -0.2) is 11.8 Å². The van der Waals surface area contributed by atoms with E-state index >= 15 is 0 Å². The second-order valence-corrected chi connectivity index (χ2v) is 6.30. The molecule has 4 rings (SSSR count). The second-order valence-electron chi connectivity index (χ2n) is 5.90. The quantitative estimate of drug-likeness (QED) is 0.588. The van der Waals surface area contributed by atoms with E-state index in [1.165, 1.54) is 4.90 Å². The Morgan fingerprint density at radius 1 is 1.10 bits per heavy atom. The van der Waals surface area contributed by atoms with E-state index in [1.807, 2.05) is 6.92 Å². The fraction of sp³-hybridized carbons (Fsp3) is 0.375. The van der Waals surface area contributed by atoms with Crippen molar-refractivity contribution in [1.82, 2.24) is 0 Å². The Labute approximate surface area is 122 Å². The normalized spacial score (nSPS) is 34.2. The van der Waals surface area contributed by atoms with Gasteiger partial charge in [-0.05, 0) is 42.9 Å². The first-order chi connectivity index (χ1) is 9.59. The van der Waals surface area contributed by atoms with Gasteiger partial charge in [0.2, 0.25) is 11.8 Å². The van der Waals surface area contributed by atoms with Crippen LogP contribution in [0.4, 0.5) is 5.69 Å². The van der Waals surface area contributed by atoms with Crippen LogP contribution in [0.2, 0.25) is 5.02 Å². The zero-order chi connectivity index (χ0) is 14.0. The fourth-order valence-electron chi connectivity index (χ4n) is 3.98. The summed E-state index contributed by atoms with van der Waals surface area (Å²) in [5.74, 6) is 0.0630. The molecule has 1 heterocycles. The number of amides is 2. The summed E-state index contributed by atoms with van der Waals surface area (Å²) in [6, 6.07) is 5.36. The third-order valence-electron chi connectivity index (χ3n) is 4.95. The van der Waals surface area contributed by atoms with Crippen LogP contribution in [0.15, 0.2) is 30.4 Å². The van der Waals surface area contributed by atoms with Crippen molar-refractivity contribution >= 4 is 29.1 Å². The highest BCUT2D eigenvalue weighted by molar-refractivity contribution is 6.32. The minimum atomic E-state index is -0.157. The number of anilines is 1. The number of hydrogen-bond donors (Lipinski definition) is 0. The zero-order valence-corrected chi connectivity index (χ0v) is 11.8. The minimum Gasteiger partial charge on any atom is -0.274 e. The van der Waals surface area contributed by atoms with Crippen LogP contribution in [0.1, 0.15) is 12.0 Å². The van der Waals surface area contributed by atoms with Crippen molar-refractivity contribution in [3.8, 4) is 0 Å². The Balaban J connectivity index is 1.80. The van der Waals surface area contributed by atoms with Crippen LogP contribution < -0.4 is 4.90 Å². The molecule has 0 N–H and O–H groups in total. The number of hydrogen-bond acceptors (Lipinski definition) is 2. The lowest BCUT2D eigenvalue weighted by molar-refractivity contribution is -0.123. The van der Waals surface area contributed by atoms with E-state index in [0.717, 1.165) is 12.0 Å². The van der Waals surface area contributed by atoms with Crippen LogP contribution in [0.5, 0.6) is 0 Å². The highest BCUT2D eigenvalue weighted by Gasteiger charge is 2.59. The van der Waals surface area contributed by atoms with Gasteiger partial charge in [-0.15, -0.1) is 0 Å². The molecule has 2 fully saturated rings. The van der Waals surface area contributed by atoms with Gasteiger partial charge in [0.25, 0.3) is 0 Å².